The van der Waals surface area contributed by atoms with Crippen LogP contribution in [0.15, 0.2) is 24.3 Å². The maximum Gasteiger partial charge on any atom is 0.361 e. The number of hydrogen-bond acceptors (Lipinski definition) is 4. The van der Waals surface area contributed by atoms with E-state index in [1.165, 1.54) is 24.3 Å². The lowest BCUT2D eigenvalue weighted by Crippen LogP contribution is -2.27. The first-order valence-electron chi connectivity index (χ1n) is 4.69. The van der Waals surface area contributed by atoms with E-state index in [1.54, 1.807) is 6.92 Å². The predicted octanol–water partition coefficient (Wildman–Crippen LogP) is 2.53. The molecule has 0 aliphatic heterocycles. The van der Waals surface area contributed by atoms with E-state index in [0.717, 1.165) is 0 Å². The molecular formula is C9H10ClN3O4. The number of rotatable bonds is 4. The van der Waals surface area contributed by atoms with E-state index in [4.69, 9.17) is 16.6 Å². The van der Waals surface area contributed by atoms with Crippen LogP contribution in [-0.4, -0.2) is 22.1 Å². The van der Waals surface area contributed by atoms with Crippen LogP contribution in [-0.2, 0) is 4.84 Å². The number of carbonyl (C=O) groups is 1. The highest BCUT2D eigenvalue weighted by Gasteiger charge is 2.12. The zero-order valence-electron chi connectivity index (χ0n) is 8.92. The van der Waals surface area contributed by atoms with Crippen molar-refractivity contribution < 1.29 is 14.6 Å². The largest absolute Gasteiger partial charge is 0.361 e. The number of nitrogens with one attached hydrogen (secondary N) is 1. The van der Waals surface area contributed by atoms with Gasteiger partial charge in [0.1, 0.15) is 0 Å². The summed E-state index contributed by atoms with van der Waals surface area (Å²) in [4.78, 5) is 25.9. The summed E-state index contributed by atoms with van der Waals surface area (Å²) in [5, 5.41) is 12.8. The molecule has 1 aromatic rings. The number of benzene rings is 1. The lowest BCUT2D eigenvalue weighted by molar-refractivity contribution is -0.384. The van der Waals surface area contributed by atoms with E-state index in [9.17, 15) is 14.9 Å². The van der Waals surface area contributed by atoms with Gasteiger partial charge < -0.3 is 5.32 Å². The third-order valence-electron chi connectivity index (χ3n) is 1.73. The Morgan fingerprint density at radius 1 is 1.53 bits per heavy atom. The van der Waals surface area contributed by atoms with Crippen LogP contribution >= 0.6 is 11.8 Å². The number of urea groups is 1. The minimum absolute atomic E-state index is 0.0597. The summed E-state index contributed by atoms with van der Waals surface area (Å²) in [6, 6.07) is 4.66. The molecule has 2 amide bonds. The van der Waals surface area contributed by atoms with Crippen molar-refractivity contribution in [2.24, 2.45) is 0 Å². The quantitative estimate of drug-likeness (QED) is 0.511. The van der Waals surface area contributed by atoms with E-state index in [-0.39, 0.29) is 12.3 Å². The Kier molecular flexibility index (Phi) is 4.68. The lowest BCUT2D eigenvalue weighted by atomic mass is 10.3. The number of hydroxylamine groups is 1. The fourth-order valence-corrected chi connectivity index (χ4v) is 1.15. The molecule has 0 bridgehead atoms. The topological polar surface area (TPSA) is 84.7 Å². The van der Waals surface area contributed by atoms with Gasteiger partial charge in [-0.15, -0.1) is 4.58 Å². The van der Waals surface area contributed by atoms with Crippen LogP contribution in [0, 0.1) is 10.1 Å². The molecule has 1 aromatic carbocycles. The van der Waals surface area contributed by atoms with Crippen molar-refractivity contribution >= 4 is 29.2 Å². The molecule has 0 saturated carbocycles. The summed E-state index contributed by atoms with van der Waals surface area (Å²) in [6.07, 6.45) is 0. The maximum absolute atomic E-state index is 11.3. The normalized spacial score (nSPS) is 9.76. The van der Waals surface area contributed by atoms with E-state index in [2.05, 4.69) is 5.32 Å². The van der Waals surface area contributed by atoms with Crippen LogP contribution in [0.5, 0.6) is 0 Å². The van der Waals surface area contributed by atoms with Crippen molar-refractivity contribution in [2.75, 3.05) is 11.9 Å². The average molecular weight is 260 g/mol. The fourth-order valence-electron chi connectivity index (χ4n) is 1.01. The van der Waals surface area contributed by atoms with E-state index in [0.29, 0.717) is 10.3 Å². The second-order valence-electron chi connectivity index (χ2n) is 2.90. The highest BCUT2D eigenvalue weighted by molar-refractivity contribution is 6.21. The van der Waals surface area contributed by atoms with Crippen LogP contribution in [0.4, 0.5) is 16.2 Å². The number of nitrogens with zero attached hydrogens (tertiary/aromatic N) is 2. The standard InChI is InChI=1S/C9H10ClN3O4/c1-2-17-12(10)9(14)11-7-3-5-8(6-4-7)13(15)16/h3-6H,2H2,1H3,(H,11,14). The van der Waals surface area contributed by atoms with Crippen LogP contribution in [0.25, 0.3) is 0 Å². The van der Waals surface area contributed by atoms with Gasteiger partial charge in [0.15, 0.2) is 0 Å². The van der Waals surface area contributed by atoms with Crippen LogP contribution in [0.1, 0.15) is 6.92 Å². The Bertz CT molecular complexity index is 409. The van der Waals surface area contributed by atoms with Gasteiger partial charge in [0.2, 0.25) is 0 Å². The van der Waals surface area contributed by atoms with Crippen molar-refractivity contribution in [3.05, 3.63) is 34.4 Å². The lowest BCUT2D eigenvalue weighted by Gasteiger charge is -2.12. The van der Waals surface area contributed by atoms with E-state index in [1.807, 2.05) is 0 Å². The van der Waals surface area contributed by atoms with Gasteiger partial charge in [-0.05, 0) is 19.1 Å². The molecule has 1 N–H and O–H groups in total. The molecule has 0 aliphatic rings. The molecular weight excluding hydrogens is 250 g/mol. The Morgan fingerprint density at radius 2 is 2.12 bits per heavy atom. The van der Waals surface area contributed by atoms with Gasteiger partial charge >= 0.3 is 6.03 Å². The Balaban J connectivity index is 2.63. The summed E-state index contributed by atoms with van der Waals surface area (Å²) < 4.78 is 0.529. The van der Waals surface area contributed by atoms with Gasteiger partial charge in [-0.1, -0.05) is 0 Å². The number of amides is 2. The number of anilines is 1. The smallest absolute Gasteiger partial charge is 0.305 e. The predicted molar refractivity (Wildman–Crippen MR) is 61.4 cm³/mol. The fraction of sp³-hybridized carbons (Fsp3) is 0.222. The Labute approximate surface area is 102 Å². The van der Waals surface area contributed by atoms with Crippen molar-refractivity contribution in [3.63, 3.8) is 0 Å². The molecule has 0 fully saturated rings. The summed E-state index contributed by atoms with van der Waals surface area (Å²) in [6.45, 7) is 1.92. The average Bonchev–Trinajstić information content (AvgIpc) is 2.30. The number of nitro benzene ring substituents is 1. The molecule has 17 heavy (non-hydrogen) atoms. The van der Waals surface area contributed by atoms with Gasteiger partial charge in [-0.3, -0.25) is 15.0 Å². The summed E-state index contributed by atoms with van der Waals surface area (Å²) in [5.74, 6) is 0. The van der Waals surface area contributed by atoms with Gasteiger partial charge in [0.05, 0.1) is 11.5 Å². The molecule has 1 rings (SSSR count). The minimum atomic E-state index is -0.678. The van der Waals surface area contributed by atoms with E-state index < -0.39 is 11.0 Å². The molecule has 0 spiro atoms. The van der Waals surface area contributed by atoms with Crippen molar-refractivity contribution in [1.82, 2.24) is 4.58 Å². The number of carbonyl (C=O) groups excluding carboxylic acids is 1. The third-order valence-corrected chi connectivity index (χ3v) is 1.98. The SMILES string of the molecule is CCON(Cl)C(=O)Nc1ccc([N+](=O)[O-])cc1. The van der Waals surface area contributed by atoms with Gasteiger partial charge in [0, 0.05) is 29.6 Å². The monoisotopic (exact) mass is 259 g/mol. The van der Waals surface area contributed by atoms with Crippen molar-refractivity contribution in [1.29, 1.82) is 0 Å². The van der Waals surface area contributed by atoms with Gasteiger partial charge in [-0.25, -0.2) is 4.79 Å². The number of non-ortho nitro benzene ring substituents is 1. The zero-order chi connectivity index (χ0) is 12.8. The second-order valence-corrected chi connectivity index (χ2v) is 3.20. The first-order valence-corrected chi connectivity index (χ1v) is 5.02. The van der Waals surface area contributed by atoms with Crippen LogP contribution in [0.2, 0.25) is 0 Å². The first-order chi connectivity index (χ1) is 8.04. The number of halogens is 1. The molecule has 0 aromatic heterocycles. The second kappa shape index (κ2) is 6.02. The summed E-state index contributed by atoms with van der Waals surface area (Å²) in [7, 11) is 0. The first kappa shape index (κ1) is 13.2. The molecule has 0 heterocycles. The molecule has 0 atom stereocenters. The zero-order valence-corrected chi connectivity index (χ0v) is 9.68. The molecule has 0 unspecified atom stereocenters. The molecule has 92 valence electrons. The Hall–Kier alpha value is -1.86. The molecule has 8 heteroatoms. The van der Waals surface area contributed by atoms with E-state index >= 15 is 0 Å². The summed E-state index contributed by atoms with van der Waals surface area (Å²) >= 11 is 5.45. The van der Waals surface area contributed by atoms with Crippen LogP contribution in [0.3, 0.4) is 0 Å². The molecule has 0 saturated heterocycles. The van der Waals surface area contributed by atoms with Crippen molar-refractivity contribution in [3.8, 4) is 0 Å². The summed E-state index contributed by atoms with van der Waals surface area (Å²) in [5.41, 5.74) is 0.321. The Morgan fingerprint density at radius 3 is 2.59 bits per heavy atom. The van der Waals surface area contributed by atoms with Gasteiger partial charge in [0.25, 0.3) is 5.69 Å². The third kappa shape index (κ3) is 3.89. The highest BCUT2D eigenvalue weighted by Crippen LogP contribution is 2.16. The molecule has 7 nitrogen and oxygen atoms in total. The number of hydrogen-bond donors (Lipinski definition) is 1. The van der Waals surface area contributed by atoms with Crippen molar-refractivity contribution in [2.45, 2.75) is 6.92 Å². The van der Waals surface area contributed by atoms with Crippen LogP contribution < -0.4 is 5.32 Å². The molecule has 0 radical (unpaired) electrons. The maximum atomic E-state index is 11.3. The molecule has 0 aliphatic carbocycles. The highest BCUT2D eigenvalue weighted by atomic mass is 35.5. The number of nitro groups is 1. The van der Waals surface area contributed by atoms with Gasteiger partial charge in [-0.2, -0.15) is 0 Å². The minimum Gasteiger partial charge on any atom is -0.305 e.